The molecule has 2 rings (SSSR count). The third kappa shape index (κ3) is 1.89. The predicted octanol–water partition coefficient (Wildman–Crippen LogP) is 2.88. The molecule has 0 unspecified atom stereocenters. The van der Waals surface area contributed by atoms with E-state index < -0.39 is 5.97 Å². The van der Waals surface area contributed by atoms with Gasteiger partial charge < -0.3 is 5.11 Å². The molecule has 6 heteroatoms. The van der Waals surface area contributed by atoms with Gasteiger partial charge in [0, 0.05) is 5.02 Å². The minimum Gasteiger partial charge on any atom is -0.477 e. The Morgan fingerprint density at radius 1 is 1.38 bits per heavy atom. The van der Waals surface area contributed by atoms with E-state index in [9.17, 15) is 4.79 Å². The summed E-state index contributed by atoms with van der Waals surface area (Å²) >= 11 is 11.7. The topological polar surface area (TPSA) is 55.1 Å². The van der Waals surface area contributed by atoms with Crippen molar-refractivity contribution in [3.05, 3.63) is 46.5 Å². The summed E-state index contributed by atoms with van der Waals surface area (Å²) < 4.78 is 1.39. The zero-order valence-corrected chi connectivity index (χ0v) is 9.40. The van der Waals surface area contributed by atoms with E-state index >= 15 is 0 Å². The molecular weight excluding hydrogens is 251 g/mol. The smallest absolute Gasteiger partial charge is 0.354 e. The monoisotopic (exact) mass is 256 g/mol. The molecule has 0 amide bonds. The Kier molecular flexibility index (Phi) is 2.85. The van der Waals surface area contributed by atoms with Crippen molar-refractivity contribution in [2.75, 3.05) is 0 Å². The van der Waals surface area contributed by atoms with Gasteiger partial charge >= 0.3 is 5.97 Å². The second kappa shape index (κ2) is 4.15. The number of hydrogen-bond acceptors (Lipinski definition) is 2. The van der Waals surface area contributed by atoms with Crippen LogP contribution in [0.5, 0.6) is 0 Å². The summed E-state index contributed by atoms with van der Waals surface area (Å²) in [5.41, 5.74) is 0.574. The fourth-order valence-electron chi connectivity index (χ4n) is 1.32. The van der Waals surface area contributed by atoms with Crippen LogP contribution in [0.4, 0.5) is 0 Å². The van der Waals surface area contributed by atoms with Crippen molar-refractivity contribution in [1.29, 1.82) is 0 Å². The first-order valence-electron chi connectivity index (χ1n) is 4.30. The van der Waals surface area contributed by atoms with Crippen LogP contribution in [0, 0.1) is 0 Å². The first kappa shape index (κ1) is 11.0. The number of carboxylic acid groups (broad SMARTS) is 1. The lowest BCUT2D eigenvalue weighted by Gasteiger charge is -2.07. The van der Waals surface area contributed by atoms with Gasteiger partial charge in [0.2, 0.25) is 0 Å². The highest BCUT2D eigenvalue weighted by molar-refractivity contribution is 6.35. The van der Waals surface area contributed by atoms with E-state index in [1.807, 2.05) is 0 Å². The van der Waals surface area contributed by atoms with Crippen LogP contribution in [0.25, 0.3) is 5.69 Å². The van der Waals surface area contributed by atoms with Gasteiger partial charge in [0.15, 0.2) is 5.69 Å². The third-order valence-electron chi connectivity index (χ3n) is 2.03. The molecule has 82 valence electrons. The number of hydrogen-bond donors (Lipinski definition) is 1. The summed E-state index contributed by atoms with van der Waals surface area (Å²) in [5.74, 6) is -1.07. The van der Waals surface area contributed by atoms with Gasteiger partial charge in [-0.05, 0) is 18.2 Å². The van der Waals surface area contributed by atoms with Crippen LogP contribution < -0.4 is 0 Å². The summed E-state index contributed by atoms with van der Waals surface area (Å²) in [5, 5.41) is 9.79. The number of halogens is 2. The van der Waals surface area contributed by atoms with Gasteiger partial charge in [-0.15, -0.1) is 0 Å². The largest absolute Gasteiger partial charge is 0.477 e. The number of nitrogens with zero attached hydrogens (tertiary/aromatic N) is 2. The van der Waals surface area contributed by atoms with Gasteiger partial charge in [-0.1, -0.05) is 23.2 Å². The van der Waals surface area contributed by atoms with E-state index in [1.54, 1.807) is 18.2 Å². The van der Waals surface area contributed by atoms with Crippen LogP contribution in [-0.4, -0.2) is 20.6 Å². The van der Waals surface area contributed by atoms with E-state index in [4.69, 9.17) is 28.3 Å². The van der Waals surface area contributed by atoms with E-state index in [0.29, 0.717) is 15.7 Å². The van der Waals surface area contributed by atoms with Crippen molar-refractivity contribution in [3.63, 3.8) is 0 Å². The van der Waals surface area contributed by atoms with Crippen LogP contribution in [0.15, 0.2) is 30.7 Å². The van der Waals surface area contributed by atoms with Crippen molar-refractivity contribution >= 4 is 29.2 Å². The van der Waals surface area contributed by atoms with E-state index in [2.05, 4.69) is 4.98 Å². The van der Waals surface area contributed by atoms with Gasteiger partial charge in [0.05, 0.1) is 23.2 Å². The molecule has 0 fully saturated rings. The molecule has 1 aromatic heterocycles. The fraction of sp³-hybridized carbons (Fsp3) is 0. The second-order valence-corrected chi connectivity index (χ2v) is 3.89. The van der Waals surface area contributed by atoms with Crippen molar-refractivity contribution in [2.24, 2.45) is 0 Å². The molecule has 1 heterocycles. The number of imidazole rings is 1. The maximum atomic E-state index is 10.9. The van der Waals surface area contributed by atoms with Crippen molar-refractivity contribution in [1.82, 2.24) is 9.55 Å². The van der Waals surface area contributed by atoms with Crippen LogP contribution >= 0.6 is 23.2 Å². The van der Waals surface area contributed by atoms with Gasteiger partial charge in [-0.3, -0.25) is 4.57 Å². The first-order chi connectivity index (χ1) is 7.59. The quantitative estimate of drug-likeness (QED) is 0.899. The van der Waals surface area contributed by atoms with Crippen LogP contribution in [0.3, 0.4) is 0 Å². The standard InChI is InChI=1S/C10H6Cl2N2O2/c11-6-1-2-8(7(12)3-6)14-5-13-4-9(14)10(15)16/h1-5H,(H,15,16). The number of benzene rings is 1. The normalized spacial score (nSPS) is 10.4. The highest BCUT2D eigenvalue weighted by atomic mass is 35.5. The Morgan fingerprint density at radius 3 is 2.75 bits per heavy atom. The molecule has 0 aliphatic rings. The average molecular weight is 257 g/mol. The van der Waals surface area contributed by atoms with Crippen LogP contribution in [-0.2, 0) is 0 Å². The zero-order chi connectivity index (χ0) is 11.7. The fourth-order valence-corrected chi connectivity index (χ4v) is 1.82. The number of rotatable bonds is 2. The Morgan fingerprint density at radius 2 is 2.12 bits per heavy atom. The van der Waals surface area contributed by atoms with Crippen molar-refractivity contribution < 1.29 is 9.90 Å². The van der Waals surface area contributed by atoms with E-state index in [0.717, 1.165) is 0 Å². The Bertz CT molecular complexity index is 552. The maximum Gasteiger partial charge on any atom is 0.354 e. The molecule has 1 aromatic carbocycles. The van der Waals surface area contributed by atoms with Crippen molar-refractivity contribution in [2.45, 2.75) is 0 Å². The first-order valence-corrected chi connectivity index (χ1v) is 5.06. The zero-order valence-electron chi connectivity index (χ0n) is 7.89. The lowest BCUT2D eigenvalue weighted by molar-refractivity contribution is 0.0688. The molecule has 2 aromatic rings. The molecule has 0 spiro atoms. The summed E-state index contributed by atoms with van der Waals surface area (Å²) in [6.45, 7) is 0. The van der Waals surface area contributed by atoms with Gasteiger partial charge in [-0.2, -0.15) is 0 Å². The van der Waals surface area contributed by atoms with E-state index in [1.165, 1.54) is 17.1 Å². The van der Waals surface area contributed by atoms with E-state index in [-0.39, 0.29) is 5.69 Å². The molecule has 4 nitrogen and oxygen atoms in total. The lowest BCUT2D eigenvalue weighted by Crippen LogP contribution is -2.05. The Balaban J connectivity index is 2.59. The summed E-state index contributed by atoms with van der Waals surface area (Å²) in [4.78, 5) is 14.7. The molecule has 16 heavy (non-hydrogen) atoms. The number of carbonyl (C=O) groups is 1. The number of aromatic carboxylic acids is 1. The molecular formula is C10H6Cl2N2O2. The van der Waals surface area contributed by atoms with Gasteiger partial charge in [-0.25, -0.2) is 9.78 Å². The minimum atomic E-state index is -1.07. The SMILES string of the molecule is O=C(O)c1cncn1-c1ccc(Cl)cc1Cl. The Hall–Kier alpha value is -1.52. The predicted molar refractivity (Wildman–Crippen MR) is 60.5 cm³/mol. The minimum absolute atomic E-state index is 0.0456. The molecule has 0 bridgehead atoms. The van der Waals surface area contributed by atoms with Crippen LogP contribution in [0.2, 0.25) is 10.0 Å². The molecule has 0 saturated heterocycles. The molecule has 0 radical (unpaired) electrons. The van der Waals surface area contributed by atoms with Crippen molar-refractivity contribution in [3.8, 4) is 5.69 Å². The number of carboxylic acids is 1. The maximum absolute atomic E-state index is 10.9. The molecule has 0 saturated carbocycles. The number of aromatic nitrogens is 2. The molecule has 1 N–H and O–H groups in total. The summed E-state index contributed by atoms with van der Waals surface area (Å²) in [6.07, 6.45) is 2.64. The summed E-state index contributed by atoms with van der Waals surface area (Å²) in [7, 11) is 0. The average Bonchev–Trinajstić information content (AvgIpc) is 2.66. The van der Waals surface area contributed by atoms with Gasteiger partial charge in [0.25, 0.3) is 0 Å². The molecule has 0 atom stereocenters. The van der Waals surface area contributed by atoms with Crippen LogP contribution in [0.1, 0.15) is 10.5 Å². The lowest BCUT2D eigenvalue weighted by atomic mass is 10.3. The second-order valence-electron chi connectivity index (χ2n) is 3.05. The highest BCUT2D eigenvalue weighted by Gasteiger charge is 2.13. The summed E-state index contributed by atoms with van der Waals surface area (Å²) in [6, 6.07) is 4.82. The molecule has 0 aliphatic heterocycles. The molecule has 0 aliphatic carbocycles. The van der Waals surface area contributed by atoms with Gasteiger partial charge in [0.1, 0.15) is 0 Å². The third-order valence-corrected chi connectivity index (χ3v) is 2.56. The Labute approximate surface area is 101 Å². The highest BCUT2D eigenvalue weighted by Crippen LogP contribution is 2.25.